The topological polar surface area (TPSA) is 0 Å². The molecule has 0 radical (unpaired) electrons. The fraction of sp³-hybridized carbons (Fsp3) is 0.0732. The molecule has 7 aromatic carbocycles. The van der Waals surface area contributed by atoms with Crippen molar-refractivity contribution in [3.63, 3.8) is 0 Å². The van der Waals surface area contributed by atoms with Gasteiger partial charge in [0.25, 0.3) is 0 Å². The minimum absolute atomic E-state index is 0. The third-order valence-electron chi connectivity index (χ3n) is 8.09. The summed E-state index contributed by atoms with van der Waals surface area (Å²) in [4.78, 5) is 0. The first kappa shape index (κ1) is 38.9. The number of alkyl halides is 6. The van der Waals surface area contributed by atoms with Gasteiger partial charge >= 0.3 is 137 Å². The zero-order valence-electron chi connectivity index (χ0n) is 26.1. The second-order valence-corrected chi connectivity index (χ2v) is 12.4. The van der Waals surface area contributed by atoms with Crippen molar-refractivity contribution in [2.45, 2.75) is 18.8 Å². The molecule has 8 rings (SSSR count). The maximum atomic E-state index is 12.5. The fourth-order valence-corrected chi connectivity index (χ4v) is 6.59. The van der Waals surface area contributed by atoms with Crippen LogP contribution in [-0.2, 0) is 36.6 Å². The van der Waals surface area contributed by atoms with E-state index in [0.717, 1.165) is 54.9 Å². The first-order valence-corrected chi connectivity index (χ1v) is 16.3. The zero-order chi connectivity index (χ0) is 33.9. The van der Waals surface area contributed by atoms with Crippen molar-refractivity contribution in [3.8, 4) is 0 Å². The zero-order valence-corrected chi connectivity index (χ0v) is 30.2. The van der Waals surface area contributed by atoms with Crippen LogP contribution in [0.3, 0.4) is 0 Å². The number of halogens is 8. The minimum atomic E-state index is -4.41. The van der Waals surface area contributed by atoms with E-state index in [1.807, 2.05) is 12.2 Å². The van der Waals surface area contributed by atoms with Gasteiger partial charge in [-0.1, -0.05) is 77.5 Å². The molecule has 0 amide bonds. The first-order valence-electron chi connectivity index (χ1n) is 15.1. The Morgan fingerprint density at radius 1 is 0.560 bits per heavy atom. The summed E-state index contributed by atoms with van der Waals surface area (Å²) in [5.74, 6) is 0. The summed E-state index contributed by atoms with van der Waals surface area (Å²) in [5, 5.41) is 10.8. The van der Waals surface area contributed by atoms with Crippen LogP contribution in [0.25, 0.3) is 43.1 Å². The van der Waals surface area contributed by atoms with Gasteiger partial charge in [-0.3, -0.25) is 6.08 Å². The standard InChI is InChI=1S/C21H13.C15H8F6.C5H5.2ClH.Zr/c1-2-8-15-14(7-1)13-20-18-11-4-3-9-16(18)17-10-5-6-12-19(17)21(15)20;16-14(17,18)12-5-1-10(2-6-12)9-11-3-7-13(8-4-11)15(19,20)21;1-2-4-5-3-1;;;/h1-13H;1-8H;1-3H,4H2;2*1H;/q-1;;-1;;;+2. The van der Waals surface area contributed by atoms with Crippen molar-refractivity contribution >= 4 is 71.1 Å². The number of fused-ring (bicyclic) bond motifs is 8. The minimum Gasteiger partial charge on any atom is -0.273 e. The predicted molar refractivity (Wildman–Crippen MR) is 194 cm³/mol. The van der Waals surface area contributed by atoms with Crippen molar-refractivity contribution < 1.29 is 50.6 Å². The van der Waals surface area contributed by atoms with Crippen LogP contribution in [0.1, 0.15) is 28.7 Å². The average Bonchev–Trinajstić information content (AvgIpc) is 3.81. The third-order valence-corrected chi connectivity index (χ3v) is 9.51. The Balaban J connectivity index is 0.000000190. The molecule has 1 aliphatic rings. The summed E-state index contributed by atoms with van der Waals surface area (Å²) in [5.41, 5.74) is -0.392. The molecule has 9 heteroatoms. The summed E-state index contributed by atoms with van der Waals surface area (Å²) in [6, 6.07) is 37.6. The van der Waals surface area contributed by atoms with E-state index in [4.69, 9.17) is 0 Å². The maximum Gasteiger partial charge on any atom is -0.0255 e. The first-order chi connectivity index (χ1) is 23.0. The normalized spacial score (nSPS) is 12.2. The van der Waals surface area contributed by atoms with E-state index in [-0.39, 0.29) is 24.8 Å². The molecule has 50 heavy (non-hydrogen) atoms. The fourth-order valence-electron chi connectivity index (χ4n) is 5.77. The average molecular weight is 797 g/mol. The van der Waals surface area contributed by atoms with Crippen LogP contribution in [0.2, 0.25) is 0 Å². The van der Waals surface area contributed by atoms with E-state index in [2.05, 4.69) is 91.0 Å². The van der Waals surface area contributed by atoms with Crippen LogP contribution in [0.15, 0.2) is 146 Å². The SMILES string of the molecule is Cl.Cl.FC(F)(F)c1ccc([C](=[Zr+2])c2ccc(C(F)(F)F)cc2)cc1.[C-]1=CC=CC1.c1ccc2c(c1)[cH-]c1c3ccccc3c3ccccc3c21. The van der Waals surface area contributed by atoms with E-state index in [9.17, 15) is 26.3 Å². The summed E-state index contributed by atoms with van der Waals surface area (Å²) in [6.07, 6.45) is 1.18. The van der Waals surface area contributed by atoms with Gasteiger partial charge < -0.3 is 0 Å². The van der Waals surface area contributed by atoms with Crippen LogP contribution in [0.5, 0.6) is 0 Å². The van der Waals surface area contributed by atoms with Gasteiger partial charge in [0.1, 0.15) is 0 Å². The molecule has 0 nitrogen and oxygen atoms in total. The van der Waals surface area contributed by atoms with Crippen molar-refractivity contribution in [2.24, 2.45) is 0 Å². The van der Waals surface area contributed by atoms with Crippen molar-refractivity contribution in [1.29, 1.82) is 0 Å². The van der Waals surface area contributed by atoms with Crippen LogP contribution in [-0.4, -0.2) is 3.21 Å². The second-order valence-electron chi connectivity index (χ2n) is 11.1. The monoisotopic (exact) mass is 794 g/mol. The number of hydrogen-bond acceptors (Lipinski definition) is 0. The van der Waals surface area contributed by atoms with Crippen LogP contribution in [0.4, 0.5) is 26.3 Å². The van der Waals surface area contributed by atoms with E-state index >= 15 is 0 Å². The van der Waals surface area contributed by atoms with Crippen molar-refractivity contribution in [2.75, 3.05) is 0 Å². The Hall–Kier alpha value is -3.90. The van der Waals surface area contributed by atoms with E-state index in [1.165, 1.54) is 67.4 Å². The quantitative estimate of drug-likeness (QED) is 0.0929. The Bertz CT molecular complexity index is 2230. The third kappa shape index (κ3) is 8.51. The molecule has 0 atom stereocenters. The predicted octanol–water partition coefficient (Wildman–Crippen LogP) is 13.0. The Labute approximate surface area is 312 Å². The van der Waals surface area contributed by atoms with Gasteiger partial charge in [0.2, 0.25) is 0 Å². The summed E-state index contributed by atoms with van der Waals surface area (Å²) in [7, 11) is 0. The number of rotatable bonds is 2. The van der Waals surface area contributed by atoms with Gasteiger partial charge in [-0.25, -0.2) is 12.2 Å². The molecule has 0 spiro atoms. The molecule has 0 N–H and O–H groups in total. The molecule has 0 aromatic heterocycles. The molecule has 0 fully saturated rings. The molecule has 7 aromatic rings. The molecule has 0 saturated carbocycles. The second kappa shape index (κ2) is 16.4. The summed E-state index contributed by atoms with van der Waals surface area (Å²) >= 11 is 0.898. The number of allylic oxidation sites excluding steroid dienone is 4. The van der Waals surface area contributed by atoms with E-state index < -0.39 is 23.5 Å². The number of hydrogen-bond donors (Lipinski definition) is 0. The van der Waals surface area contributed by atoms with E-state index in [0.29, 0.717) is 14.3 Å². The van der Waals surface area contributed by atoms with Crippen molar-refractivity contribution in [1.82, 2.24) is 0 Å². The molecular weight excluding hydrogens is 769 g/mol. The molecule has 0 saturated heterocycles. The summed E-state index contributed by atoms with van der Waals surface area (Å²) < 4.78 is 75.6. The van der Waals surface area contributed by atoms with Gasteiger partial charge in [-0.05, 0) is 10.8 Å². The smallest absolute Gasteiger partial charge is 0.0255 e. The van der Waals surface area contributed by atoms with E-state index in [1.54, 1.807) is 0 Å². The largest absolute Gasteiger partial charge is 0.273 e. The van der Waals surface area contributed by atoms with Crippen LogP contribution < -0.4 is 0 Å². The number of benzene rings is 6. The Kier molecular flexibility index (Phi) is 12.8. The molecule has 252 valence electrons. The van der Waals surface area contributed by atoms with Gasteiger partial charge in [0.05, 0.1) is 0 Å². The molecule has 0 unspecified atom stereocenters. The molecule has 0 heterocycles. The summed E-state index contributed by atoms with van der Waals surface area (Å²) in [6.45, 7) is 0. The van der Waals surface area contributed by atoms with Gasteiger partial charge in [-0.2, -0.15) is 6.08 Å². The van der Waals surface area contributed by atoms with Crippen LogP contribution >= 0.6 is 24.8 Å². The maximum absolute atomic E-state index is 12.5. The Morgan fingerprint density at radius 2 is 1.00 bits per heavy atom. The van der Waals surface area contributed by atoms with Gasteiger partial charge in [-0.15, -0.1) is 64.9 Å². The molecular formula is C41H28Cl2F6Zr. The van der Waals surface area contributed by atoms with Gasteiger partial charge in [0, 0.05) is 0 Å². The van der Waals surface area contributed by atoms with Crippen molar-refractivity contribution in [3.05, 3.63) is 174 Å². The molecule has 0 aliphatic heterocycles. The Morgan fingerprint density at radius 3 is 1.44 bits per heavy atom. The van der Waals surface area contributed by atoms with Gasteiger partial charge in [0.15, 0.2) is 0 Å². The molecule has 0 bridgehead atoms. The molecule has 1 aliphatic carbocycles. The van der Waals surface area contributed by atoms with Crippen LogP contribution in [0, 0.1) is 6.08 Å².